The van der Waals surface area contributed by atoms with Crippen molar-refractivity contribution < 1.29 is 0 Å². The van der Waals surface area contributed by atoms with Gasteiger partial charge in [0.2, 0.25) is 0 Å². The molecule has 0 aliphatic carbocycles. The number of hydrogen-bond acceptors (Lipinski definition) is 2. The Morgan fingerprint density at radius 3 is 2.50 bits per heavy atom. The second-order valence-electron chi connectivity index (χ2n) is 4.90. The van der Waals surface area contributed by atoms with Crippen LogP contribution in [-0.2, 0) is 12.2 Å². The summed E-state index contributed by atoms with van der Waals surface area (Å²) in [6.07, 6.45) is 1.95. The number of halogens is 1. The van der Waals surface area contributed by atoms with Crippen LogP contribution in [0, 0.1) is 0 Å². The van der Waals surface area contributed by atoms with E-state index >= 15 is 0 Å². The lowest BCUT2D eigenvalue weighted by Gasteiger charge is -2.13. The summed E-state index contributed by atoms with van der Waals surface area (Å²) in [5.74, 6) is 0.954. The van der Waals surface area contributed by atoms with Gasteiger partial charge >= 0.3 is 0 Å². The lowest BCUT2D eigenvalue weighted by Crippen LogP contribution is -2.21. The molecule has 0 saturated carbocycles. The van der Waals surface area contributed by atoms with Crippen LogP contribution in [0.1, 0.15) is 24.5 Å². The van der Waals surface area contributed by atoms with Crippen LogP contribution in [0.4, 0.5) is 0 Å². The topological polar surface area (TPSA) is 26.0 Å². The molecule has 2 rings (SSSR count). The molecule has 2 aromatic rings. The molecule has 0 spiro atoms. The maximum atomic E-state index is 6.07. The fourth-order valence-electron chi connectivity index (χ4n) is 1.98. The van der Waals surface area contributed by atoms with Crippen LogP contribution in [0.15, 0.2) is 53.4 Å². The average molecular weight is 306 g/mol. The Labute approximate surface area is 130 Å². The Balaban J connectivity index is 2.03. The SMILES string of the molecule is CCC(N)Cc1ccccc1SCc1ccc(Cl)cc1. The summed E-state index contributed by atoms with van der Waals surface area (Å²) in [7, 11) is 0. The standard InChI is InChI=1S/C17H20ClNS/c1-2-16(19)11-14-5-3-4-6-17(14)20-12-13-7-9-15(18)10-8-13/h3-10,16H,2,11-12,19H2,1H3. The molecule has 1 atom stereocenters. The lowest BCUT2D eigenvalue weighted by atomic mass is 10.1. The highest BCUT2D eigenvalue weighted by Gasteiger charge is 2.07. The fourth-order valence-corrected chi connectivity index (χ4v) is 3.13. The van der Waals surface area contributed by atoms with E-state index < -0.39 is 0 Å². The lowest BCUT2D eigenvalue weighted by molar-refractivity contribution is 0.641. The monoisotopic (exact) mass is 305 g/mol. The number of thioether (sulfide) groups is 1. The minimum absolute atomic E-state index is 0.243. The third kappa shape index (κ3) is 4.55. The molecule has 2 aromatic carbocycles. The van der Waals surface area contributed by atoms with Gasteiger partial charge in [-0.25, -0.2) is 0 Å². The Hall–Kier alpha value is -0.960. The van der Waals surface area contributed by atoms with Gasteiger partial charge in [0.15, 0.2) is 0 Å². The predicted octanol–water partition coefficient (Wildman–Crippen LogP) is 4.91. The van der Waals surface area contributed by atoms with Crippen molar-refractivity contribution in [3.05, 3.63) is 64.7 Å². The first kappa shape index (κ1) is 15.4. The molecule has 0 fully saturated rings. The summed E-state index contributed by atoms with van der Waals surface area (Å²) in [6, 6.07) is 16.8. The quantitative estimate of drug-likeness (QED) is 0.767. The molecule has 0 aromatic heterocycles. The van der Waals surface area contributed by atoms with Crippen LogP contribution >= 0.6 is 23.4 Å². The van der Waals surface area contributed by atoms with E-state index in [4.69, 9.17) is 17.3 Å². The van der Waals surface area contributed by atoms with Crippen molar-refractivity contribution in [3.63, 3.8) is 0 Å². The van der Waals surface area contributed by atoms with Crippen molar-refractivity contribution in [1.29, 1.82) is 0 Å². The van der Waals surface area contributed by atoms with Crippen LogP contribution in [0.25, 0.3) is 0 Å². The van der Waals surface area contributed by atoms with Gasteiger partial charge in [-0.2, -0.15) is 0 Å². The molecule has 0 heterocycles. The normalized spacial score (nSPS) is 12.3. The van der Waals surface area contributed by atoms with E-state index in [9.17, 15) is 0 Å². The van der Waals surface area contributed by atoms with E-state index in [0.29, 0.717) is 0 Å². The summed E-state index contributed by atoms with van der Waals surface area (Å²) in [5, 5.41) is 0.785. The van der Waals surface area contributed by atoms with Gasteiger partial charge in [-0.05, 0) is 42.2 Å². The summed E-state index contributed by atoms with van der Waals surface area (Å²) in [4.78, 5) is 1.33. The van der Waals surface area contributed by atoms with Crippen LogP contribution in [0.3, 0.4) is 0 Å². The third-order valence-electron chi connectivity index (χ3n) is 3.29. The van der Waals surface area contributed by atoms with E-state index in [0.717, 1.165) is 23.6 Å². The van der Waals surface area contributed by atoms with Crippen LogP contribution < -0.4 is 5.73 Å². The molecule has 0 saturated heterocycles. The zero-order chi connectivity index (χ0) is 14.4. The maximum absolute atomic E-state index is 6.07. The van der Waals surface area contributed by atoms with Gasteiger partial charge in [0.1, 0.15) is 0 Å². The number of nitrogens with two attached hydrogens (primary N) is 1. The molecule has 0 radical (unpaired) electrons. The molecule has 0 aliphatic rings. The molecule has 3 heteroatoms. The highest BCUT2D eigenvalue weighted by atomic mass is 35.5. The van der Waals surface area contributed by atoms with Gasteiger partial charge < -0.3 is 5.73 Å². The summed E-state index contributed by atoms with van der Waals surface area (Å²) >= 11 is 7.77. The Morgan fingerprint density at radius 2 is 1.80 bits per heavy atom. The van der Waals surface area contributed by atoms with E-state index in [1.165, 1.54) is 16.0 Å². The van der Waals surface area contributed by atoms with Gasteiger partial charge in [-0.1, -0.05) is 48.9 Å². The molecule has 1 nitrogen and oxygen atoms in total. The van der Waals surface area contributed by atoms with Crippen molar-refractivity contribution >= 4 is 23.4 Å². The van der Waals surface area contributed by atoms with Gasteiger partial charge in [-0.3, -0.25) is 0 Å². The molecule has 1 unspecified atom stereocenters. The predicted molar refractivity (Wildman–Crippen MR) is 89.4 cm³/mol. The zero-order valence-electron chi connectivity index (χ0n) is 11.7. The maximum Gasteiger partial charge on any atom is 0.0406 e. The zero-order valence-corrected chi connectivity index (χ0v) is 13.3. The van der Waals surface area contributed by atoms with Crippen molar-refractivity contribution in [1.82, 2.24) is 0 Å². The first-order valence-electron chi connectivity index (χ1n) is 6.89. The molecular weight excluding hydrogens is 286 g/mol. The minimum Gasteiger partial charge on any atom is -0.327 e. The van der Waals surface area contributed by atoms with Gasteiger partial charge in [0.25, 0.3) is 0 Å². The van der Waals surface area contributed by atoms with Gasteiger partial charge in [0, 0.05) is 21.7 Å². The number of benzene rings is 2. The van der Waals surface area contributed by atoms with E-state index in [1.54, 1.807) is 0 Å². The highest BCUT2D eigenvalue weighted by molar-refractivity contribution is 7.98. The number of rotatable bonds is 6. The number of hydrogen-bond donors (Lipinski definition) is 1. The fraction of sp³-hybridized carbons (Fsp3) is 0.294. The van der Waals surface area contributed by atoms with Crippen molar-refractivity contribution in [2.24, 2.45) is 5.73 Å². The van der Waals surface area contributed by atoms with Crippen LogP contribution in [0.5, 0.6) is 0 Å². The van der Waals surface area contributed by atoms with Crippen LogP contribution in [-0.4, -0.2) is 6.04 Å². The Morgan fingerprint density at radius 1 is 1.10 bits per heavy atom. The largest absolute Gasteiger partial charge is 0.327 e. The molecule has 0 aliphatic heterocycles. The first-order chi connectivity index (χ1) is 9.69. The Kier molecular flexibility index (Phi) is 5.96. The Bertz CT molecular complexity index is 539. The van der Waals surface area contributed by atoms with E-state index in [2.05, 4.69) is 43.3 Å². The first-order valence-corrected chi connectivity index (χ1v) is 8.26. The molecule has 0 amide bonds. The molecular formula is C17H20ClNS. The molecule has 106 valence electrons. The minimum atomic E-state index is 0.243. The van der Waals surface area contributed by atoms with Crippen molar-refractivity contribution in [2.45, 2.75) is 36.5 Å². The molecule has 0 bridgehead atoms. The average Bonchev–Trinajstić information content (AvgIpc) is 2.48. The molecule has 20 heavy (non-hydrogen) atoms. The summed E-state index contributed by atoms with van der Waals surface area (Å²) in [6.45, 7) is 2.13. The highest BCUT2D eigenvalue weighted by Crippen LogP contribution is 2.27. The second-order valence-corrected chi connectivity index (χ2v) is 6.35. The van der Waals surface area contributed by atoms with Crippen molar-refractivity contribution in [3.8, 4) is 0 Å². The van der Waals surface area contributed by atoms with E-state index in [1.807, 2.05) is 23.9 Å². The van der Waals surface area contributed by atoms with Gasteiger partial charge in [0.05, 0.1) is 0 Å². The van der Waals surface area contributed by atoms with Crippen molar-refractivity contribution in [2.75, 3.05) is 0 Å². The summed E-state index contributed by atoms with van der Waals surface area (Å²) in [5.41, 5.74) is 8.71. The smallest absolute Gasteiger partial charge is 0.0406 e. The second kappa shape index (κ2) is 7.72. The van der Waals surface area contributed by atoms with E-state index in [-0.39, 0.29) is 6.04 Å². The summed E-state index contributed by atoms with van der Waals surface area (Å²) < 4.78 is 0. The third-order valence-corrected chi connectivity index (χ3v) is 4.73. The van der Waals surface area contributed by atoms with Crippen LogP contribution in [0.2, 0.25) is 5.02 Å². The van der Waals surface area contributed by atoms with Gasteiger partial charge in [-0.15, -0.1) is 11.8 Å². The molecule has 2 N–H and O–H groups in total.